The molecule has 0 fully saturated rings. The molecule has 4 nitrogen and oxygen atoms in total. The number of rotatable bonds is 4. The summed E-state index contributed by atoms with van der Waals surface area (Å²) in [5.41, 5.74) is 2.67. The van der Waals surface area contributed by atoms with Crippen LogP contribution in [-0.2, 0) is 0 Å². The van der Waals surface area contributed by atoms with E-state index in [1.54, 1.807) is 30.6 Å². The number of hydrogen-bond donors (Lipinski definition) is 1. The van der Waals surface area contributed by atoms with Crippen LogP contribution < -0.4 is 0 Å². The molecule has 7 heteroatoms. The van der Waals surface area contributed by atoms with Crippen LogP contribution in [0.1, 0.15) is 29.3 Å². The van der Waals surface area contributed by atoms with Crippen molar-refractivity contribution in [2.75, 3.05) is 0 Å². The van der Waals surface area contributed by atoms with Crippen molar-refractivity contribution in [3.05, 3.63) is 76.7 Å². The minimum absolute atomic E-state index is 0.0379. The van der Waals surface area contributed by atoms with E-state index in [1.165, 1.54) is 11.8 Å². The van der Waals surface area contributed by atoms with Gasteiger partial charge in [-0.25, -0.2) is 0 Å². The van der Waals surface area contributed by atoms with Gasteiger partial charge in [0.05, 0.1) is 10.3 Å². The molecule has 1 N–H and O–H groups in total. The van der Waals surface area contributed by atoms with Crippen LogP contribution >= 0.6 is 35.0 Å². The average molecular weight is 405 g/mol. The predicted octanol–water partition coefficient (Wildman–Crippen LogP) is 5.51. The molecular weight excluding hydrogens is 391 g/mol. The molecule has 0 saturated carbocycles. The van der Waals surface area contributed by atoms with Gasteiger partial charge in [0.2, 0.25) is 0 Å². The zero-order chi connectivity index (χ0) is 18.1. The average Bonchev–Trinajstić information content (AvgIpc) is 3.28. The predicted molar refractivity (Wildman–Crippen MR) is 105 cm³/mol. The number of thioether (sulfide) groups is 1. The molecule has 0 bridgehead atoms. The molecule has 26 heavy (non-hydrogen) atoms. The zero-order valence-corrected chi connectivity index (χ0v) is 15.8. The van der Waals surface area contributed by atoms with Gasteiger partial charge >= 0.3 is 0 Å². The maximum atomic E-state index is 11.0. The molecule has 0 radical (unpaired) electrons. The maximum absolute atomic E-state index is 11.0. The van der Waals surface area contributed by atoms with Crippen molar-refractivity contribution in [1.29, 1.82) is 0 Å². The summed E-state index contributed by atoms with van der Waals surface area (Å²) >= 11 is 13.7. The molecule has 2 atom stereocenters. The Morgan fingerprint density at radius 1 is 1.23 bits per heavy atom. The summed E-state index contributed by atoms with van der Waals surface area (Å²) in [6, 6.07) is 10.8. The number of aromatic nitrogens is 2. The van der Waals surface area contributed by atoms with Crippen molar-refractivity contribution in [2.45, 2.75) is 17.2 Å². The van der Waals surface area contributed by atoms with Crippen molar-refractivity contribution in [2.24, 2.45) is 0 Å². The summed E-state index contributed by atoms with van der Waals surface area (Å²) in [4.78, 5) is 5.01. The Morgan fingerprint density at radius 3 is 2.69 bits per heavy atom. The Kier molecular flexibility index (Phi) is 5.05. The third-order valence-corrected chi connectivity index (χ3v) is 5.84. The molecule has 1 aromatic carbocycles. The van der Waals surface area contributed by atoms with E-state index in [2.05, 4.69) is 10.1 Å². The summed E-state index contributed by atoms with van der Waals surface area (Å²) < 4.78 is 5.60. The minimum Gasteiger partial charge on any atom is -0.383 e. The fourth-order valence-corrected chi connectivity index (χ4v) is 4.25. The maximum Gasteiger partial charge on any atom is 0.173 e. The standard InChI is InChI=1S/C19H14Cl2N2O2S/c20-13-5-3-11(4-6-13)19-16(18(24)12-2-1-9-22-10-12)17(23-25-19)14-7-8-15(21)26-14/h1-7,9-10,15,18,24H,8H2. The fourth-order valence-electron chi connectivity index (χ4n) is 2.83. The second kappa shape index (κ2) is 7.45. The monoisotopic (exact) mass is 404 g/mol. The molecule has 1 aliphatic rings. The van der Waals surface area contributed by atoms with E-state index in [0.717, 1.165) is 16.9 Å². The summed E-state index contributed by atoms with van der Waals surface area (Å²) in [6.07, 6.45) is 5.14. The summed E-state index contributed by atoms with van der Waals surface area (Å²) in [6.45, 7) is 0. The van der Waals surface area contributed by atoms with E-state index in [0.29, 0.717) is 27.6 Å². The highest BCUT2D eigenvalue weighted by Crippen LogP contribution is 2.45. The molecule has 3 heterocycles. The van der Waals surface area contributed by atoms with Gasteiger partial charge in [0.1, 0.15) is 11.8 Å². The van der Waals surface area contributed by atoms with Gasteiger partial charge in [0.15, 0.2) is 5.76 Å². The van der Waals surface area contributed by atoms with Gasteiger partial charge in [0, 0.05) is 33.4 Å². The second-order valence-electron chi connectivity index (χ2n) is 5.80. The zero-order valence-electron chi connectivity index (χ0n) is 13.5. The lowest BCUT2D eigenvalue weighted by Gasteiger charge is -2.13. The normalized spacial score (nSPS) is 18.0. The van der Waals surface area contributed by atoms with Gasteiger partial charge < -0.3 is 9.63 Å². The van der Waals surface area contributed by atoms with Gasteiger partial charge in [-0.3, -0.25) is 4.98 Å². The van der Waals surface area contributed by atoms with Crippen molar-refractivity contribution >= 4 is 39.9 Å². The van der Waals surface area contributed by atoms with E-state index in [-0.39, 0.29) is 4.71 Å². The quantitative estimate of drug-likeness (QED) is 0.580. The van der Waals surface area contributed by atoms with E-state index in [4.69, 9.17) is 27.7 Å². The molecule has 1 aliphatic heterocycles. The van der Waals surface area contributed by atoms with Gasteiger partial charge in [0.25, 0.3) is 0 Å². The molecule has 4 rings (SSSR count). The SMILES string of the molecule is OC(c1cccnc1)c1c(C2=CCC(Cl)S2)noc1-c1ccc(Cl)cc1. The molecule has 3 aromatic rings. The number of nitrogens with zero attached hydrogens (tertiary/aromatic N) is 2. The lowest BCUT2D eigenvalue weighted by molar-refractivity contribution is 0.219. The summed E-state index contributed by atoms with van der Waals surface area (Å²) in [5.74, 6) is 0.507. The number of halogens is 2. The van der Waals surface area contributed by atoms with Crippen LogP contribution in [0.4, 0.5) is 0 Å². The number of benzene rings is 1. The van der Waals surface area contributed by atoms with Crippen LogP contribution in [-0.4, -0.2) is 20.0 Å². The summed E-state index contributed by atoms with van der Waals surface area (Å²) in [5, 5.41) is 15.9. The first-order valence-corrected chi connectivity index (χ1v) is 9.67. The number of allylic oxidation sites excluding steroid dienone is 1. The smallest absolute Gasteiger partial charge is 0.173 e. The van der Waals surface area contributed by atoms with Crippen molar-refractivity contribution in [1.82, 2.24) is 10.1 Å². The Balaban J connectivity index is 1.84. The third-order valence-electron chi connectivity index (χ3n) is 4.08. The van der Waals surface area contributed by atoms with Crippen molar-refractivity contribution in [3.63, 3.8) is 0 Å². The van der Waals surface area contributed by atoms with Crippen LogP contribution in [0.3, 0.4) is 0 Å². The second-order valence-corrected chi connectivity index (χ2v) is 8.27. The largest absolute Gasteiger partial charge is 0.383 e. The van der Waals surface area contributed by atoms with Crippen LogP contribution in [0.25, 0.3) is 16.2 Å². The first-order chi connectivity index (χ1) is 12.6. The molecule has 0 saturated heterocycles. The number of aliphatic hydroxyl groups excluding tert-OH is 1. The number of aliphatic hydroxyl groups is 1. The number of pyridine rings is 1. The van der Waals surface area contributed by atoms with E-state index >= 15 is 0 Å². The van der Waals surface area contributed by atoms with Gasteiger partial charge in [-0.15, -0.1) is 23.4 Å². The Morgan fingerprint density at radius 2 is 2.04 bits per heavy atom. The minimum atomic E-state index is -0.925. The molecular formula is C19H14Cl2N2O2S. The molecule has 0 amide bonds. The molecule has 2 aromatic heterocycles. The molecule has 0 spiro atoms. The Bertz CT molecular complexity index is 942. The van der Waals surface area contributed by atoms with Crippen molar-refractivity contribution < 1.29 is 9.63 Å². The first kappa shape index (κ1) is 17.6. The first-order valence-electron chi connectivity index (χ1n) is 7.98. The molecule has 132 valence electrons. The molecule has 0 aliphatic carbocycles. The van der Waals surface area contributed by atoms with E-state index in [9.17, 15) is 5.11 Å². The lowest BCUT2D eigenvalue weighted by atomic mass is 9.97. The summed E-state index contributed by atoms with van der Waals surface area (Å²) in [7, 11) is 0. The topological polar surface area (TPSA) is 59.2 Å². The van der Waals surface area contributed by atoms with Crippen LogP contribution in [0.15, 0.2) is 59.4 Å². The van der Waals surface area contributed by atoms with E-state index < -0.39 is 6.10 Å². The van der Waals surface area contributed by atoms with Crippen LogP contribution in [0, 0.1) is 0 Å². The highest BCUT2D eigenvalue weighted by molar-refractivity contribution is 8.10. The fraction of sp³-hybridized carbons (Fsp3) is 0.158. The number of alkyl halides is 1. The Hall–Kier alpha value is -1.79. The third kappa shape index (κ3) is 3.40. The van der Waals surface area contributed by atoms with Gasteiger partial charge in [-0.1, -0.05) is 28.9 Å². The number of hydrogen-bond acceptors (Lipinski definition) is 5. The van der Waals surface area contributed by atoms with E-state index in [1.807, 2.05) is 24.3 Å². The van der Waals surface area contributed by atoms with Gasteiger partial charge in [-0.2, -0.15) is 0 Å². The van der Waals surface area contributed by atoms with Crippen molar-refractivity contribution in [3.8, 4) is 11.3 Å². The van der Waals surface area contributed by atoms with Gasteiger partial charge in [-0.05, 0) is 36.8 Å². The highest BCUT2D eigenvalue weighted by Gasteiger charge is 2.30. The Labute approximate surface area is 164 Å². The van der Waals surface area contributed by atoms with Crippen LogP contribution in [0.5, 0.6) is 0 Å². The lowest BCUT2D eigenvalue weighted by Crippen LogP contribution is -2.03. The highest BCUT2D eigenvalue weighted by atomic mass is 35.5. The van der Waals surface area contributed by atoms with Crippen LogP contribution in [0.2, 0.25) is 5.02 Å². The molecule has 2 unspecified atom stereocenters.